The van der Waals surface area contributed by atoms with Crippen LogP contribution in [0.1, 0.15) is 25.7 Å². The van der Waals surface area contributed by atoms with Gasteiger partial charge in [0, 0.05) is 17.7 Å². The topological polar surface area (TPSA) is 43.1 Å². The summed E-state index contributed by atoms with van der Waals surface area (Å²) in [5.74, 6) is 0.167. The molecule has 0 amide bonds. The lowest BCUT2D eigenvalue weighted by Crippen LogP contribution is -2.16. The Bertz CT molecular complexity index is 410. The van der Waals surface area contributed by atoms with Crippen LogP contribution in [0.2, 0.25) is 0 Å². The second-order valence-electron chi connectivity index (χ2n) is 4.12. The normalized spacial score (nSPS) is 19.9. The fourth-order valence-corrected chi connectivity index (χ4v) is 2.12. The third-order valence-electron chi connectivity index (χ3n) is 3.02. The molecule has 2 heteroatoms. The van der Waals surface area contributed by atoms with Gasteiger partial charge >= 0.3 is 0 Å². The lowest BCUT2D eigenvalue weighted by Gasteiger charge is -2.16. The second kappa shape index (κ2) is 5.08. The van der Waals surface area contributed by atoms with Crippen molar-refractivity contribution in [2.75, 3.05) is 6.54 Å². The molecule has 0 fully saturated rings. The molecule has 0 saturated heterocycles. The van der Waals surface area contributed by atoms with Gasteiger partial charge in [-0.15, -0.1) is 0 Å². The van der Waals surface area contributed by atoms with E-state index in [0.717, 1.165) is 42.4 Å². The van der Waals surface area contributed by atoms with Crippen molar-refractivity contribution < 1.29 is 4.79 Å². The Morgan fingerprint density at radius 2 is 2.06 bits per heavy atom. The SMILES string of the molecule is NCC1=CCCC=C1C(=O)C1=CC=CCC1. The molecule has 2 rings (SSSR count). The maximum Gasteiger partial charge on any atom is 0.189 e. The lowest BCUT2D eigenvalue weighted by molar-refractivity contribution is -0.112. The van der Waals surface area contributed by atoms with Gasteiger partial charge in [0.1, 0.15) is 0 Å². The molecule has 2 aliphatic rings. The van der Waals surface area contributed by atoms with Gasteiger partial charge in [-0.1, -0.05) is 30.4 Å². The van der Waals surface area contributed by atoms with Gasteiger partial charge in [-0.3, -0.25) is 4.79 Å². The molecular weight excluding hydrogens is 198 g/mol. The van der Waals surface area contributed by atoms with E-state index in [4.69, 9.17) is 5.73 Å². The summed E-state index contributed by atoms with van der Waals surface area (Å²) in [7, 11) is 0. The number of rotatable bonds is 3. The van der Waals surface area contributed by atoms with Crippen molar-refractivity contribution in [1.29, 1.82) is 0 Å². The first kappa shape index (κ1) is 11.1. The van der Waals surface area contributed by atoms with Crippen molar-refractivity contribution in [1.82, 2.24) is 0 Å². The molecule has 0 heterocycles. The Balaban J connectivity index is 2.21. The molecule has 0 aromatic carbocycles. The van der Waals surface area contributed by atoms with Gasteiger partial charge in [0.15, 0.2) is 5.78 Å². The van der Waals surface area contributed by atoms with E-state index >= 15 is 0 Å². The summed E-state index contributed by atoms with van der Waals surface area (Å²) in [6.45, 7) is 0.459. The van der Waals surface area contributed by atoms with Gasteiger partial charge in [-0.2, -0.15) is 0 Å². The van der Waals surface area contributed by atoms with Gasteiger partial charge in [0.2, 0.25) is 0 Å². The van der Waals surface area contributed by atoms with Gasteiger partial charge in [0.05, 0.1) is 0 Å². The molecule has 2 nitrogen and oxygen atoms in total. The van der Waals surface area contributed by atoms with Crippen LogP contribution >= 0.6 is 0 Å². The first-order chi connectivity index (χ1) is 7.83. The van der Waals surface area contributed by atoms with Gasteiger partial charge < -0.3 is 5.73 Å². The molecule has 0 aromatic heterocycles. The predicted octanol–water partition coefficient (Wildman–Crippen LogP) is 2.44. The highest BCUT2D eigenvalue weighted by molar-refractivity contribution is 6.11. The molecule has 16 heavy (non-hydrogen) atoms. The van der Waals surface area contributed by atoms with Crippen LogP contribution in [0, 0.1) is 0 Å². The van der Waals surface area contributed by atoms with Crippen molar-refractivity contribution in [2.24, 2.45) is 5.73 Å². The van der Waals surface area contributed by atoms with E-state index in [0.29, 0.717) is 6.54 Å². The minimum atomic E-state index is 0.167. The summed E-state index contributed by atoms with van der Waals surface area (Å²) in [6, 6.07) is 0. The molecular formula is C14H17NO. The highest BCUT2D eigenvalue weighted by Crippen LogP contribution is 2.24. The van der Waals surface area contributed by atoms with E-state index in [-0.39, 0.29) is 5.78 Å². The maximum absolute atomic E-state index is 12.3. The average molecular weight is 215 g/mol. The number of ketones is 1. The zero-order valence-electron chi connectivity index (χ0n) is 9.41. The van der Waals surface area contributed by atoms with Gasteiger partial charge in [0.25, 0.3) is 0 Å². The first-order valence-electron chi connectivity index (χ1n) is 5.83. The van der Waals surface area contributed by atoms with Crippen LogP contribution in [-0.4, -0.2) is 12.3 Å². The maximum atomic E-state index is 12.3. The molecule has 0 atom stereocenters. The van der Waals surface area contributed by atoms with Crippen LogP contribution in [-0.2, 0) is 4.79 Å². The Labute approximate surface area is 96.2 Å². The lowest BCUT2D eigenvalue weighted by atomic mass is 9.88. The summed E-state index contributed by atoms with van der Waals surface area (Å²) in [5.41, 5.74) is 8.41. The molecule has 84 valence electrons. The summed E-state index contributed by atoms with van der Waals surface area (Å²) < 4.78 is 0. The van der Waals surface area contributed by atoms with E-state index in [2.05, 4.69) is 12.2 Å². The van der Waals surface area contributed by atoms with E-state index in [1.807, 2.05) is 18.2 Å². The number of hydrogen-bond donors (Lipinski definition) is 1. The summed E-state index contributed by atoms with van der Waals surface area (Å²) >= 11 is 0. The van der Waals surface area contributed by atoms with Crippen molar-refractivity contribution in [3.8, 4) is 0 Å². The number of carbonyl (C=O) groups excluding carboxylic acids is 1. The summed E-state index contributed by atoms with van der Waals surface area (Å²) in [6.07, 6.45) is 13.9. The van der Waals surface area contributed by atoms with Crippen molar-refractivity contribution in [3.05, 3.63) is 47.1 Å². The quantitative estimate of drug-likeness (QED) is 0.785. The smallest absolute Gasteiger partial charge is 0.189 e. The Kier molecular flexibility index (Phi) is 3.52. The molecule has 0 spiro atoms. The minimum Gasteiger partial charge on any atom is -0.326 e. The molecule has 0 bridgehead atoms. The van der Waals surface area contributed by atoms with E-state index in [9.17, 15) is 4.79 Å². The van der Waals surface area contributed by atoms with E-state index in [1.165, 1.54) is 0 Å². The average Bonchev–Trinajstić information content (AvgIpc) is 2.39. The van der Waals surface area contributed by atoms with E-state index in [1.54, 1.807) is 0 Å². The minimum absolute atomic E-state index is 0.167. The number of carbonyl (C=O) groups is 1. The molecule has 2 aliphatic carbocycles. The van der Waals surface area contributed by atoms with Gasteiger partial charge in [-0.05, 0) is 31.3 Å². The van der Waals surface area contributed by atoms with Crippen LogP contribution in [0.15, 0.2) is 47.1 Å². The van der Waals surface area contributed by atoms with Crippen LogP contribution < -0.4 is 5.73 Å². The Morgan fingerprint density at radius 3 is 2.75 bits per heavy atom. The number of allylic oxidation sites excluding steroid dienone is 6. The Hall–Kier alpha value is -1.41. The highest BCUT2D eigenvalue weighted by Gasteiger charge is 2.19. The fraction of sp³-hybridized carbons (Fsp3) is 0.357. The standard InChI is InChI=1S/C14H17NO/c15-10-12-8-4-5-9-13(12)14(16)11-6-2-1-3-7-11/h1-2,6,8-9H,3-5,7,10,15H2. The third kappa shape index (κ3) is 2.22. The number of Topliss-reactive ketones (excluding diaryl/α,β-unsaturated/α-hetero) is 1. The monoisotopic (exact) mass is 215 g/mol. The van der Waals surface area contributed by atoms with Crippen LogP contribution in [0.5, 0.6) is 0 Å². The molecule has 0 radical (unpaired) electrons. The summed E-state index contributed by atoms with van der Waals surface area (Å²) in [4.78, 5) is 12.3. The predicted molar refractivity (Wildman–Crippen MR) is 65.9 cm³/mol. The number of nitrogens with two attached hydrogens (primary N) is 1. The van der Waals surface area contributed by atoms with Crippen molar-refractivity contribution in [2.45, 2.75) is 25.7 Å². The molecule has 2 N–H and O–H groups in total. The zero-order valence-corrected chi connectivity index (χ0v) is 9.41. The Morgan fingerprint density at radius 1 is 1.25 bits per heavy atom. The molecule has 0 unspecified atom stereocenters. The van der Waals surface area contributed by atoms with Crippen molar-refractivity contribution in [3.63, 3.8) is 0 Å². The largest absolute Gasteiger partial charge is 0.326 e. The zero-order chi connectivity index (χ0) is 11.4. The first-order valence-corrected chi connectivity index (χ1v) is 5.83. The van der Waals surface area contributed by atoms with Crippen molar-refractivity contribution >= 4 is 5.78 Å². The van der Waals surface area contributed by atoms with Crippen LogP contribution in [0.25, 0.3) is 0 Å². The number of hydrogen-bond acceptors (Lipinski definition) is 2. The summed E-state index contributed by atoms with van der Waals surface area (Å²) in [5, 5.41) is 0. The second-order valence-corrected chi connectivity index (χ2v) is 4.12. The fourth-order valence-electron chi connectivity index (χ4n) is 2.12. The van der Waals surface area contributed by atoms with Gasteiger partial charge in [-0.25, -0.2) is 0 Å². The third-order valence-corrected chi connectivity index (χ3v) is 3.02. The highest BCUT2D eigenvalue weighted by atomic mass is 16.1. The molecule has 0 aromatic rings. The molecule has 0 aliphatic heterocycles. The van der Waals surface area contributed by atoms with Crippen LogP contribution in [0.4, 0.5) is 0 Å². The molecule has 0 saturated carbocycles. The van der Waals surface area contributed by atoms with Crippen LogP contribution in [0.3, 0.4) is 0 Å². The van der Waals surface area contributed by atoms with E-state index < -0.39 is 0 Å².